The van der Waals surface area contributed by atoms with Crippen LogP contribution in [0.25, 0.3) is 0 Å². The zero-order valence-corrected chi connectivity index (χ0v) is 13.3. The number of amides is 4. The Kier molecular flexibility index (Phi) is 5.36. The molecule has 1 N–H and O–H groups in total. The van der Waals surface area contributed by atoms with Crippen LogP contribution in [0.4, 0.5) is 4.79 Å². The van der Waals surface area contributed by atoms with E-state index >= 15 is 0 Å². The summed E-state index contributed by atoms with van der Waals surface area (Å²) in [5.41, 5.74) is -0.0546. The van der Waals surface area contributed by atoms with E-state index in [0.29, 0.717) is 32.5 Å². The molecule has 2 fully saturated rings. The fourth-order valence-electron chi connectivity index (χ4n) is 2.67. The highest BCUT2D eigenvalue weighted by atomic mass is 16.5. The lowest BCUT2D eigenvalue weighted by atomic mass is 9.97. The van der Waals surface area contributed by atoms with Gasteiger partial charge in [0.25, 0.3) is 11.8 Å². The van der Waals surface area contributed by atoms with Gasteiger partial charge in [-0.15, -0.1) is 0 Å². The van der Waals surface area contributed by atoms with Crippen molar-refractivity contribution in [3.05, 3.63) is 11.8 Å². The van der Waals surface area contributed by atoms with Gasteiger partial charge >= 0.3 is 12.0 Å². The molecule has 8 heteroatoms. The Bertz CT molecular complexity index is 549. The lowest BCUT2D eigenvalue weighted by molar-refractivity contribution is -0.149. The number of hydrogen-bond acceptors (Lipinski definition) is 6. The number of nitrogens with one attached hydrogen (secondary N) is 1. The third kappa shape index (κ3) is 3.69. The molecule has 0 aliphatic carbocycles. The summed E-state index contributed by atoms with van der Waals surface area (Å²) in [6.45, 7) is 5.08. The average Bonchev–Trinajstić information content (AvgIpc) is 2.52. The van der Waals surface area contributed by atoms with E-state index in [1.54, 1.807) is 13.8 Å². The van der Waals surface area contributed by atoms with Gasteiger partial charge in [-0.1, -0.05) is 0 Å². The standard InChI is InChI=1S/C15H21N3O5/c1-3-18-13(20)11(12(19)16-15(18)22)9-17-7-5-10(6-8-17)14(21)23-4-2/h9-10H,3-8H2,1-2H3,(H,16,19,22). The predicted octanol–water partition coefficient (Wildman–Crippen LogP) is 0.244. The van der Waals surface area contributed by atoms with Crippen LogP contribution in [0.1, 0.15) is 26.7 Å². The summed E-state index contributed by atoms with van der Waals surface area (Å²) in [7, 11) is 0. The molecule has 23 heavy (non-hydrogen) atoms. The van der Waals surface area contributed by atoms with Gasteiger partial charge in [0, 0.05) is 25.8 Å². The molecule has 0 aromatic heterocycles. The first kappa shape index (κ1) is 17.0. The maximum atomic E-state index is 12.2. The van der Waals surface area contributed by atoms with E-state index < -0.39 is 17.8 Å². The summed E-state index contributed by atoms with van der Waals surface area (Å²) in [6.07, 6.45) is 2.69. The Labute approximate surface area is 134 Å². The maximum absolute atomic E-state index is 12.2. The van der Waals surface area contributed by atoms with Crippen molar-refractivity contribution < 1.29 is 23.9 Å². The minimum Gasteiger partial charge on any atom is -0.466 e. The molecule has 2 aliphatic rings. The summed E-state index contributed by atoms with van der Waals surface area (Å²) >= 11 is 0. The van der Waals surface area contributed by atoms with Gasteiger partial charge in [-0.05, 0) is 26.7 Å². The first-order valence-corrected chi connectivity index (χ1v) is 7.77. The van der Waals surface area contributed by atoms with Crippen LogP contribution < -0.4 is 5.32 Å². The number of barbiturate groups is 1. The molecule has 0 radical (unpaired) electrons. The smallest absolute Gasteiger partial charge is 0.331 e. The predicted molar refractivity (Wildman–Crippen MR) is 79.9 cm³/mol. The lowest BCUT2D eigenvalue weighted by Gasteiger charge is -2.31. The van der Waals surface area contributed by atoms with E-state index in [0.717, 1.165) is 4.90 Å². The van der Waals surface area contributed by atoms with Gasteiger partial charge in [-0.3, -0.25) is 24.6 Å². The van der Waals surface area contributed by atoms with Crippen molar-refractivity contribution in [2.45, 2.75) is 26.7 Å². The molecule has 0 aromatic rings. The molecular formula is C15H21N3O5. The second-order valence-electron chi connectivity index (χ2n) is 5.41. The molecule has 0 unspecified atom stereocenters. The van der Waals surface area contributed by atoms with Crippen molar-refractivity contribution in [2.24, 2.45) is 5.92 Å². The van der Waals surface area contributed by atoms with E-state index in [4.69, 9.17) is 4.74 Å². The highest BCUT2D eigenvalue weighted by Gasteiger charge is 2.35. The van der Waals surface area contributed by atoms with E-state index in [1.165, 1.54) is 6.20 Å². The van der Waals surface area contributed by atoms with E-state index in [-0.39, 0.29) is 24.0 Å². The maximum Gasteiger partial charge on any atom is 0.331 e. The van der Waals surface area contributed by atoms with Crippen LogP contribution >= 0.6 is 0 Å². The number of imide groups is 2. The quantitative estimate of drug-likeness (QED) is 0.452. The number of piperidine rings is 1. The van der Waals surface area contributed by atoms with Gasteiger partial charge in [0.05, 0.1) is 12.5 Å². The zero-order valence-electron chi connectivity index (χ0n) is 13.3. The molecule has 0 spiro atoms. The van der Waals surface area contributed by atoms with Crippen molar-refractivity contribution in [2.75, 3.05) is 26.2 Å². The number of esters is 1. The minimum atomic E-state index is -0.694. The van der Waals surface area contributed by atoms with Crippen molar-refractivity contribution in [3.63, 3.8) is 0 Å². The molecule has 2 saturated heterocycles. The highest BCUT2D eigenvalue weighted by Crippen LogP contribution is 2.20. The number of ether oxygens (including phenoxy) is 1. The fourth-order valence-corrected chi connectivity index (χ4v) is 2.67. The summed E-state index contributed by atoms with van der Waals surface area (Å²) in [6, 6.07) is -0.694. The Balaban J connectivity index is 2.02. The monoisotopic (exact) mass is 323 g/mol. The average molecular weight is 323 g/mol. The minimum absolute atomic E-state index is 0.0546. The fraction of sp³-hybridized carbons (Fsp3) is 0.600. The van der Waals surface area contributed by atoms with Crippen LogP contribution in [0.3, 0.4) is 0 Å². The van der Waals surface area contributed by atoms with Crippen LogP contribution in [0, 0.1) is 5.92 Å². The van der Waals surface area contributed by atoms with E-state index in [1.807, 2.05) is 4.90 Å². The number of hydrogen-bond donors (Lipinski definition) is 1. The Hall–Kier alpha value is -2.38. The number of carbonyl (C=O) groups excluding carboxylic acids is 4. The highest BCUT2D eigenvalue weighted by molar-refractivity contribution is 6.28. The Morgan fingerprint density at radius 1 is 1.26 bits per heavy atom. The van der Waals surface area contributed by atoms with E-state index in [9.17, 15) is 19.2 Å². The molecule has 8 nitrogen and oxygen atoms in total. The lowest BCUT2D eigenvalue weighted by Crippen LogP contribution is -2.54. The molecule has 2 heterocycles. The number of urea groups is 1. The third-order valence-corrected chi connectivity index (χ3v) is 3.96. The molecule has 2 rings (SSSR count). The first-order chi connectivity index (χ1) is 11.0. The van der Waals surface area contributed by atoms with Crippen LogP contribution in [0.15, 0.2) is 11.8 Å². The van der Waals surface area contributed by atoms with Gasteiger partial charge in [-0.25, -0.2) is 4.79 Å². The SMILES string of the molecule is CCOC(=O)C1CCN(C=C2C(=O)NC(=O)N(CC)C2=O)CC1. The van der Waals surface area contributed by atoms with Crippen LogP contribution in [-0.2, 0) is 19.1 Å². The van der Waals surface area contributed by atoms with Crippen LogP contribution in [-0.4, -0.2) is 59.9 Å². The molecule has 0 atom stereocenters. The number of nitrogens with zero attached hydrogens (tertiary/aromatic N) is 2. The summed E-state index contributed by atoms with van der Waals surface area (Å²) in [5.74, 6) is -1.62. The largest absolute Gasteiger partial charge is 0.466 e. The van der Waals surface area contributed by atoms with Gasteiger partial charge < -0.3 is 9.64 Å². The summed E-state index contributed by atoms with van der Waals surface area (Å²) in [4.78, 5) is 50.1. The molecular weight excluding hydrogens is 302 g/mol. The molecule has 0 bridgehead atoms. The third-order valence-electron chi connectivity index (χ3n) is 3.96. The molecule has 4 amide bonds. The summed E-state index contributed by atoms with van der Waals surface area (Å²) < 4.78 is 5.01. The van der Waals surface area contributed by atoms with Gasteiger partial charge in [-0.2, -0.15) is 0 Å². The van der Waals surface area contributed by atoms with Crippen molar-refractivity contribution in [1.29, 1.82) is 0 Å². The zero-order chi connectivity index (χ0) is 17.0. The van der Waals surface area contributed by atoms with Gasteiger partial charge in [0.2, 0.25) is 0 Å². The number of likely N-dealkylation sites (N-methyl/N-ethyl adjacent to an activating group) is 1. The number of likely N-dealkylation sites (tertiary alicyclic amines) is 1. The number of carbonyl (C=O) groups is 4. The van der Waals surface area contributed by atoms with E-state index in [2.05, 4.69) is 5.32 Å². The second-order valence-corrected chi connectivity index (χ2v) is 5.41. The van der Waals surface area contributed by atoms with Crippen molar-refractivity contribution >= 4 is 23.8 Å². The summed E-state index contributed by atoms with van der Waals surface area (Å²) in [5, 5.41) is 2.15. The molecule has 2 aliphatic heterocycles. The van der Waals surface area contributed by atoms with Crippen LogP contribution in [0.2, 0.25) is 0 Å². The van der Waals surface area contributed by atoms with Crippen molar-refractivity contribution in [3.8, 4) is 0 Å². The number of rotatable bonds is 4. The van der Waals surface area contributed by atoms with Crippen molar-refractivity contribution in [1.82, 2.24) is 15.1 Å². The molecule has 0 saturated carbocycles. The first-order valence-electron chi connectivity index (χ1n) is 7.77. The van der Waals surface area contributed by atoms with Gasteiger partial charge in [0.15, 0.2) is 0 Å². The van der Waals surface area contributed by atoms with Crippen LogP contribution in [0.5, 0.6) is 0 Å². The molecule has 0 aromatic carbocycles. The van der Waals surface area contributed by atoms with Gasteiger partial charge in [0.1, 0.15) is 5.57 Å². The Morgan fingerprint density at radius 3 is 2.48 bits per heavy atom. The topological polar surface area (TPSA) is 96.0 Å². The normalized spacial score (nSPS) is 21.7. The Morgan fingerprint density at radius 2 is 1.91 bits per heavy atom. The molecule has 126 valence electrons. The second kappa shape index (κ2) is 7.26.